The molecule has 1 unspecified atom stereocenters. The van der Waals surface area contributed by atoms with Crippen molar-refractivity contribution in [2.24, 2.45) is 11.3 Å². The topological polar surface area (TPSA) is 96.5 Å². The van der Waals surface area contributed by atoms with Crippen LogP contribution in [0.2, 0.25) is 0 Å². The Balaban J connectivity index is 1.54. The SMILES string of the molecule is CCOC(=O)C1CCN(C(=O)C2COC3(CCN(C(=O)C(C)(C)C)CC3)N2C(=O)c2ccc(F)cc2)CC1. The van der Waals surface area contributed by atoms with E-state index in [1.807, 2.05) is 20.8 Å². The number of carbonyl (C=O) groups excluding carboxylic acids is 4. The van der Waals surface area contributed by atoms with Gasteiger partial charge in [0, 0.05) is 50.0 Å². The molecule has 10 heteroatoms. The summed E-state index contributed by atoms with van der Waals surface area (Å²) in [7, 11) is 0. The molecule has 3 amide bonds. The predicted octanol–water partition coefficient (Wildman–Crippen LogP) is 2.83. The minimum atomic E-state index is -1.04. The van der Waals surface area contributed by atoms with Crippen molar-refractivity contribution in [3.05, 3.63) is 35.6 Å². The third kappa shape index (κ3) is 5.55. The van der Waals surface area contributed by atoms with Crippen LogP contribution in [0.25, 0.3) is 0 Å². The molecular formula is C28H38FN3O6. The molecule has 1 aromatic rings. The van der Waals surface area contributed by atoms with Gasteiger partial charge in [-0.05, 0) is 44.0 Å². The molecule has 3 fully saturated rings. The van der Waals surface area contributed by atoms with E-state index in [-0.39, 0.29) is 35.9 Å². The maximum Gasteiger partial charge on any atom is 0.309 e. The van der Waals surface area contributed by atoms with Gasteiger partial charge < -0.3 is 19.3 Å². The van der Waals surface area contributed by atoms with Gasteiger partial charge in [-0.3, -0.25) is 24.1 Å². The lowest BCUT2D eigenvalue weighted by molar-refractivity contribution is -0.152. The fourth-order valence-corrected chi connectivity index (χ4v) is 5.63. The second kappa shape index (κ2) is 11.0. The largest absolute Gasteiger partial charge is 0.466 e. The molecule has 0 radical (unpaired) electrons. The van der Waals surface area contributed by atoms with Gasteiger partial charge in [0.25, 0.3) is 5.91 Å². The lowest BCUT2D eigenvalue weighted by Gasteiger charge is -2.46. The smallest absolute Gasteiger partial charge is 0.309 e. The molecular weight excluding hydrogens is 493 g/mol. The van der Waals surface area contributed by atoms with Gasteiger partial charge in [0.1, 0.15) is 17.6 Å². The summed E-state index contributed by atoms with van der Waals surface area (Å²) in [6, 6.07) is 4.41. The Bertz CT molecular complexity index is 1050. The van der Waals surface area contributed by atoms with E-state index in [1.165, 1.54) is 29.2 Å². The first-order chi connectivity index (χ1) is 18.0. The monoisotopic (exact) mass is 531 g/mol. The molecule has 0 N–H and O–H groups in total. The normalized spacial score (nSPS) is 22.0. The highest BCUT2D eigenvalue weighted by atomic mass is 19.1. The van der Waals surface area contributed by atoms with Crippen molar-refractivity contribution in [3.8, 4) is 0 Å². The first-order valence-corrected chi connectivity index (χ1v) is 13.4. The van der Waals surface area contributed by atoms with Crippen LogP contribution in [-0.2, 0) is 23.9 Å². The van der Waals surface area contributed by atoms with E-state index in [1.54, 1.807) is 16.7 Å². The molecule has 0 saturated carbocycles. The second-order valence-electron chi connectivity index (χ2n) is 11.3. The van der Waals surface area contributed by atoms with E-state index >= 15 is 0 Å². The molecule has 0 aliphatic carbocycles. The van der Waals surface area contributed by atoms with E-state index in [2.05, 4.69) is 0 Å². The van der Waals surface area contributed by atoms with Gasteiger partial charge in [-0.2, -0.15) is 0 Å². The molecule has 1 spiro atoms. The summed E-state index contributed by atoms with van der Waals surface area (Å²) in [5, 5.41) is 0. The van der Waals surface area contributed by atoms with Crippen LogP contribution in [-0.4, -0.2) is 89.6 Å². The van der Waals surface area contributed by atoms with Crippen LogP contribution in [0.5, 0.6) is 0 Å². The number of hydrogen-bond donors (Lipinski definition) is 0. The summed E-state index contributed by atoms with van der Waals surface area (Å²) in [6.45, 7) is 9.31. The average molecular weight is 532 g/mol. The maximum atomic E-state index is 13.8. The van der Waals surface area contributed by atoms with Crippen LogP contribution in [0.15, 0.2) is 24.3 Å². The molecule has 1 aromatic carbocycles. The molecule has 38 heavy (non-hydrogen) atoms. The number of nitrogens with zero attached hydrogens (tertiary/aromatic N) is 3. The van der Waals surface area contributed by atoms with Gasteiger partial charge in [-0.15, -0.1) is 0 Å². The zero-order valence-corrected chi connectivity index (χ0v) is 22.7. The van der Waals surface area contributed by atoms with Crippen LogP contribution in [0, 0.1) is 17.2 Å². The second-order valence-corrected chi connectivity index (χ2v) is 11.3. The first-order valence-electron chi connectivity index (χ1n) is 13.4. The van der Waals surface area contributed by atoms with Crippen molar-refractivity contribution in [1.82, 2.24) is 14.7 Å². The van der Waals surface area contributed by atoms with Gasteiger partial charge in [0.2, 0.25) is 11.8 Å². The molecule has 3 saturated heterocycles. The third-order valence-corrected chi connectivity index (χ3v) is 7.76. The number of esters is 1. The maximum absolute atomic E-state index is 13.8. The van der Waals surface area contributed by atoms with Crippen molar-refractivity contribution >= 4 is 23.7 Å². The van der Waals surface area contributed by atoms with E-state index < -0.39 is 28.9 Å². The fraction of sp³-hybridized carbons (Fsp3) is 0.643. The zero-order chi connectivity index (χ0) is 27.7. The average Bonchev–Trinajstić information content (AvgIpc) is 3.26. The van der Waals surface area contributed by atoms with Crippen molar-refractivity contribution in [2.75, 3.05) is 39.4 Å². The summed E-state index contributed by atoms with van der Waals surface area (Å²) in [5.74, 6) is -1.55. The molecule has 0 bridgehead atoms. The number of amides is 3. The number of likely N-dealkylation sites (tertiary alicyclic amines) is 2. The van der Waals surface area contributed by atoms with Crippen molar-refractivity contribution in [1.29, 1.82) is 0 Å². The highest BCUT2D eigenvalue weighted by molar-refractivity contribution is 5.98. The molecule has 3 aliphatic heterocycles. The summed E-state index contributed by atoms with van der Waals surface area (Å²) < 4.78 is 25.0. The van der Waals surface area contributed by atoms with E-state index in [0.717, 1.165) is 0 Å². The molecule has 1 atom stereocenters. The van der Waals surface area contributed by atoms with Gasteiger partial charge in [0.15, 0.2) is 0 Å². The molecule has 208 valence electrons. The number of carbonyl (C=O) groups is 4. The summed E-state index contributed by atoms with van der Waals surface area (Å²) in [6.07, 6.45) is 1.74. The van der Waals surface area contributed by atoms with Crippen LogP contribution in [0.4, 0.5) is 4.39 Å². The summed E-state index contributed by atoms with van der Waals surface area (Å²) >= 11 is 0. The molecule has 9 nitrogen and oxygen atoms in total. The van der Waals surface area contributed by atoms with E-state index in [0.29, 0.717) is 58.5 Å². The quantitative estimate of drug-likeness (QED) is 0.555. The molecule has 3 heterocycles. The van der Waals surface area contributed by atoms with Crippen molar-refractivity contribution in [2.45, 2.75) is 65.1 Å². The highest BCUT2D eigenvalue weighted by Crippen LogP contribution is 2.40. The number of rotatable bonds is 4. The molecule has 3 aliphatic rings. The Labute approximate surface area is 223 Å². The number of piperidine rings is 2. The van der Waals surface area contributed by atoms with E-state index in [9.17, 15) is 23.6 Å². The Hall–Kier alpha value is -3.01. The van der Waals surface area contributed by atoms with Crippen LogP contribution in [0.1, 0.15) is 63.7 Å². The summed E-state index contributed by atoms with van der Waals surface area (Å²) in [5.41, 5.74) is -1.30. The Morgan fingerprint density at radius 1 is 1.00 bits per heavy atom. The van der Waals surface area contributed by atoms with Gasteiger partial charge in [-0.1, -0.05) is 20.8 Å². The van der Waals surface area contributed by atoms with Crippen LogP contribution in [0.3, 0.4) is 0 Å². The van der Waals surface area contributed by atoms with E-state index in [4.69, 9.17) is 9.47 Å². The van der Waals surface area contributed by atoms with Gasteiger partial charge in [0.05, 0.1) is 19.1 Å². The number of ether oxygens (including phenoxy) is 2. The Kier molecular flexibility index (Phi) is 8.11. The Morgan fingerprint density at radius 3 is 2.16 bits per heavy atom. The van der Waals surface area contributed by atoms with Crippen molar-refractivity contribution in [3.63, 3.8) is 0 Å². The number of benzene rings is 1. The zero-order valence-electron chi connectivity index (χ0n) is 22.7. The van der Waals surface area contributed by atoms with Gasteiger partial charge >= 0.3 is 5.97 Å². The minimum absolute atomic E-state index is 0.0267. The minimum Gasteiger partial charge on any atom is -0.466 e. The predicted molar refractivity (Wildman–Crippen MR) is 136 cm³/mol. The fourth-order valence-electron chi connectivity index (χ4n) is 5.63. The lowest BCUT2D eigenvalue weighted by Crippen LogP contribution is -2.61. The van der Waals surface area contributed by atoms with Gasteiger partial charge in [-0.25, -0.2) is 4.39 Å². The molecule has 4 rings (SSSR count). The third-order valence-electron chi connectivity index (χ3n) is 7.76. The number of hydrogen-bond acceptors (Lipinski definition) is 6. The molecule has 0 aromatic heterocycles. The van der Waals surface area contributed by atoms with Crippen LogP contribution >= 0.6 is 0 Å². The lowest BCUT2D eigenvalue weighted by atomic mass is 9.91. The summed E-state index contributed by atoms with van der Waals surface area (Å²) in [4.78, 5) is 57.6. The Morgan fingerprint density at radius 2 is 1.61 bits per heavy atom. The standard InChI is InChI=1S/C28H38FN3O6/c1-5-37-25(35)20-10-14-30(15-11-20)24(34)22-18-38-28(12-16-31(17-13-28)26(36)27(2,3)4)32(22)23(33)19-6-8-21(29)9-7-19/h6-9,20,22H,5,10-18H2,1-4H3. The highest BCUT2D eigenvalue weighted by Gasteiger charge is 2.55. The first kappa shape index (κ1) is 28.0. The number of halogens is 1. The van der Waals surface area contributed by atoms with Crippen molar-refractivity contribution < 1.29 is 33.0 Å². The van der Waals surface area contributed by atoms with Crippen LogP contribution < -0.4 is 0 Å².